The van der Waals surface area contributed by atoms with Crippen molar-refractivity contribution in [3.63, 3.8) is 0 Å². The summed E-state index contributed by atoms with van der Waals surface area (Å²) in [7, 11) is 1.68. The van der Waals surface area contributed by atoms with Gasteiger partial charge in [-0.25, -0.2) is 4.39 Å². The maximum Gasteiger partial charge on any atom is 0.112 e. The monoisotopic (exact) mass is 171 g/mol. The molecule has 0 amide bonds. The molecule has 0 aliphatic carbocycles. The molecule has 2 aliphatic rings. The highest BCUT2D eigenvalue weighted by Gasteiger charge is 2.43. The summed E-state index contributed by atoms with van der Waals surface area (Å²) in [6, 6.07) is 0. The summed E-state index contributed by atoms with van der Waals surface area (Å²) in [5.41, 5.74) is -0.0984. The summed E-state index contributed by atoms with van der Waals surface area (Å²) < 4.78 is 18.1. The highest BCUT2D eigenvalue weighted by Crippen LogP contribution is 2.37. The van der Waals surface area contributed by atoms with Gasteiger partial charge in [-0.2, -0.15) is 0 Å². The molecular formula is C9H14FNO. The molecule has 12 heavy (non-hydrogen) atoms. The van der Waals surface area contributed by atoms with Crippen LogP contribution >= 0.6 is 0 Å². The van der Waals surface area contributed by atoms with Crippen LogP contribution in [-0.2, 0) is 4.74 Å². The molecule has 2 aliphatic heterocycles. The highest BCUT2D eigenvalue weighted by molar-refractivity contribution is 5.21. The molecule has 0 bridgehead atoms. The second-order valence-electron chi connectivity index (χ2n) is 3.65. The quantitative estimate of drug-likeness (QED) is 0.621. The average Bonchev–Trinajstić information content (AvgIpc) is 2.44. The number of methoxy groups -OCH3 is 1. The molecule has 0 saturated carbocycles. The Labute approximate surface area is 72.0 Å². The summed E-state index contributed by atoms with van der Waals surface area (Å²) in [4.78, 5) is 2.17. The lowest BCUT2D eigenvalue weighted by atomic mass is 9.99. The topological polar surface area (TPSA) is 12.5 Å². The first kappa shape index (κ1) is 8.20. The van der Waals surface area contributed by atoms with Crippen LogP contribution in [0.5, 0.6) is 0 Å². The first-order valence-corrected chi connectivity index (χ1v) is 4.38. The lowest BCUT2D eigenvalue weighted by molar-refractivity contribution is 0.0848. The van der Waals surface area contributed by atoms with E-state index in [0.717, 1.165) is 19.4 Å². The molecule has 1 atom stereocenters. The molecule has 0 N–H and O–H groups in total. The minimum atomic E-state index is -0.0984. The van der Waals surface area contributed by atoms with Crippen molar-refractivity contribution in [3.05, 3.63) is 11.9 Å². The van der Waals surface area contributed by atoms with Crippen molar-refractivity contribution in [3.8, 4) is 0 Å². The van der Waals surface area contributed by atoms with Gasteiger partial charge in [-0.15, -0.1) is 0 Å². The lowest BCUT2D eigenvalue weighted by Gasteiger charge is -2.29. The van der Waals surface area contributed by atoms with Crippen LogP contribution in [0.3, 0.4) is 0 Å². The van der Waals surface area contributed by atoms with Gasteiger partial charge in [0.25, 0.3) is 0 Å². The number of ether oxygens (including phenoxy) is 1. The summed E-state index contributed by atoms with van der Waals surface area (Å²) in [6.45, 7) is 2.12. The largest absolute Gasteiger partial charge is 0.382 e. The fraction of sp³-hybridized carbons (Fsp3) is 0.778. The first-order chi connectivity index (χ1) is 5.77. The zero-order valence-corrected chi connectivity index (χ0v) is 7.35. The summed E-state index contributed by atoms with van der Waals surface area (Å²) in [5, 5.41) is 0. The smallest absolute Gasteiger partial charge is 0.112 e. The molecule has 0 aromatic rings. The van der Waals surface area contributed by atoms with Gasteiger partial charge < -0.3 is 4.74 Å². The standard InChI is InChI=1S/C9H14FNO/c1-12-7-9-3-2-4-11(9)6-8(10)5-9/h5H,2-4,6-7H2,1H3/t9-/m0/s1. The number of hydrogen-bond acceptors (Lipinski definition) is 2. The third-order valence-corrected chi connectivity index (χ3v) is 2.83. The van der Waals surface area contributed by atoms with Gasteiger partial charge in [-0.3, -0.25) is 4.90 Å². The Hall–Kier alpha value is -0.410. The van der Waals surface area contributed by atoms with Gasteiger partial charge in [-0.05, 0) is 25.5 Å². The maximum atomic E-state index is 13.0. The van der Waals surface area contributed by atoms with Gasteiger partial charge in [0.1, 0.15) is 5.83 Å². The first-order valence-electron chi connectivity index (χ1n) is 4.38. The SMILES string of the molecule is COC[C@]12C=C(F)CN1CCC2. The lowest BCUT2D eigenvalue weighted by Crippen LogP contribution is -2.42. The van der Waals surface area contributed by atoms with E-state index in [1.807, 2.05) is 0 Å². The zero-order valence-electron chi connectivity index (χ0n) is 7.35. The van der Waals surface area contributed by atoms with E-state index in [9.17, 15) is 4.39 Å². The van der Waals surface area contributed by atoms with Crippen molar-refractivity contribution in [1.82, 2.24) is 4.90 Å². The Morgan fingerprint density at radius 2 is 2.58 bits per heavy atom. The molecule has 3 heteroatoms. The molecule has 1 fully saturated rings. The van der Waals surface area contributed by atoms with Crippen LogP contribution in [0.25, 0.3) is 0 Å². The van der Waals surface area contributed by atoms with Crippen molar-refractivity contribution in [2.45, 2.75) is 18.4 Å². The zero-order chi connectivity index (χ0) is 8.60. The Morgan fingerprint density at radius 3 is 3.33 bits per heavy atom. The molecule has 2 heterocycles. The fourth-order valence-corrected chi connectivity index (χ4v) is 2.33. The van der Waals surface area contributed by atoms with E-state index in [4.69, 9.17) is 4.74 Å². The Kier molecular flexibility index (Phi) is 1.93. The van der Waals surface area contributed by atoms with Crippen molar-refractivity contribution in [2.75, 3.05) is 26.8 Å². The van der Waals surface area contributed by atoms with Crippen LogP contribution in [-0.4, -0.2) is 37.2 Å². The number of halogens is 1. The average molecular weight is 171 g/mol. The Bertz CT molecular complexity index is 217. The van der Waals surface area contributed by atoms with E-state index in [0.29, 0.717) is 13.2 Å². The second kappa shape index (κ2) is 2.82. The van der Waals surface area contributed by atoms with E-state index >= 15 is 0 Å². The molecule has 1 saturated heterocycles. The van der Waals surface area contributed by atoms with Crippen molar-refractivity contribution >= 4 is 0 Å². The number of fused-ring (bicyclic) bond motifs is 1. The van der Waals surface area contributed by atoms with Gasteiger partial charge >= 0.3 is 0 Å². The minimum Gasteiger partial charge on any atom is -0.382 e. The highest BCUT2D eigenvalue weighted by atomic mass is 19.1. The van der Waals surface area contributed by atoms with Crippen molar-refractivity contribution in [1.29, 1.82) is 0 Å². The van der Waals surface area contributed by atoms with Crippen LogP contribution < -0.4 is 0 Å². The van der Waals surface area contributed by atoms with E-state index in [-0.39, 0.29) is 11.4 Å². The van der Waals surface area contributed by atoms with Gasteiger partial charge in [-0.1, -0.05) is 0 Å². The van der Waals surface area contributed by atoms with E-state index in [2.05, 4.69) is 4.90 Å². The van der Waals surface area contributed by atoms with Crippen LogP contribution in [0.4, 0.5) is 4.39 Å². The number of nitrogens with zero attached hydrogens (tertiary/aromatic N) is 1. The molecule has 2 rings (SSSR count). The number of hydrogen-bond donors (Lipinski definition) is 0. The maximum absolute atomic E-state index is 13.0. The normalized spacial score (nSPS) is 35.3. The molecule has 0 radical (unpaired) electrons. The van der Waals surface area contributed by atoms with Crippen molar-refractivity contribution < 1.29 is 9.13 Å². The van der Waals surface area contributed by atoms with Crippen molar-refractivity contribution in [2.24, 2.45) is 0 Å². The van der Waals surface area contributed by atoms with Gasteiger partial charge in [0.2, 0.25) is 0 Å². The molecule has 0 aromatic carbocycles. The van der Waals surface area contributed by atoms with Gasteiger partial charge in [0.05, 0.1) is 18.7 Å². The van der Waals surface area contributed by atoms with Gasteiger partial charge in [0, 0.05) is 7.11 Å². The van der Waals surface area contributed by atoms with E-state index in [1.54, 1.807) is 13.2 Å². The third kappa shape index (κ3) is 1.08. The molecule has 68 valence electrons. The Morgan fingerprint density at radius 1 is 1.75 bits per heavy atom. The molecule has 0 spiro atoms. The van der Waals surface area contributed by atoms with Crippen LogP contribution in [0, 0.1) is 0 Å². The molecule has 2 nitrogen and oxygen atoms in total. The molecule has 0 unspecified atom stereocenters. The predicted octanol–water partition coefficient (Wildman–Crippen LogP) is 1.33. The predicted molar refractivity (Wildman–Crippen MR) is 44.6 cm³/mol. The second-order valence-corrected chi connectivity index (χ2v) is 3.65. The van der Waals surface area contributed by atoms with Gasteiger partial charge in [0.15, 0.2) is 0 Å². The Balaban J connectivity index is 2.18. The summed E-state index contributed by atoms with van der Waals surface area (Å²) in [6.07, 6.45) is 3.94. The molecule has 0 aromatic heterocycles. The number of rotatable bonds is 2. The van der Waals surface area contributed by atoms with E-state index in [1.165, 1.54) is 0 Å². The summed E-state index contributed by atoms with van der Waals surface area (Å²) >= 11 is 0. The molecular weight excluding hydrogens is 157 g/mol. The third-order valence-electron chi connectivity index (χ3n) is 2.83. The van der Waals surface area contributed by atoms with Crippen LogP contribution in [0.1, 0.15) is 12.8 Å². The van der Waals surface area contributed by atoms with Crippen LogP contribution in [0.2, 0.25) is 0 Å². The fourth-order valence-electron chi connectivity index (χ4n) is 2.33. The minimum absolute atomic E-state index is 0.00625. The van der Waals surface area contributed by atoms with Crippen LogP contribution in [0.15, 0.2) is 11.9 Å². The van der Waals surface area contributed by atoms with E-state index < -0.39 is 0 Å². The summed E-state index contributed by atoms with van der Waals surface area (Å²) in [5.74, 6) is 0.00625.